The van der Waals surface area contributed by atoms with Crippen LogP contribution in [0.5, 0.6) is 0 Å². The number of amides is 1. The third-order valence-corrected chi connectivity index (χ3v) is 6.67. The number of aromatic nitrogens is 1. The number of aryl methyl sites for hydroxylation is 1. The Hall–Kier alpha value is -2.99. The number of thiazole rings is 1. The minimum Gasteiger partial charge on any atom is -0.367 e. The zero-order chi connectivity index (χ0) is 19.8. The van der Waals surface area contributed by atoms with Crippen molar-refractivity contribution in [2.45, 2.75) is 32.2 Å². The van der Waals surface area contributed by atoms with E-state index in [1.165, 1.54) is 22.5 Å². The molecule has 29 heavy (non-hydrogen) atoms. The Morgan fingerprint density at radius 2 is 1.79 bits per heavy atom. The van der Waals surface area contributed by atoms with Crippen LogP contribution < -0.4 is 10.2 Å². The first kappa shape index (κ1) is 18.1. The highest BCUT2D eigenvalue weighted by Gasteiger charge is 2.23. The summed E-state index contributed by atoms with van der Waals surface area (Å²) in [5.41, 5.74) is 5.31. The van der Waals surface area contributed by atoms with E-state index in [0.717, 1.165) is 43.7 Å². The molecular weight excluding hydrogens is 382 g/mol. The summed E-state index contributed by atoms with van der Waals surface area (Å²) in [5, 5.41) is 3.36. The summed E-state index contributed by atoms with van der Waals surface area (Å²) in [5.74, 6) is -0.0595. The average molecular weight is 404 g/mol. The molecule has 0 fully saturated rings. The van der Waals surface area contributed by atoms with Crippen LogP contribution in [-0.2, 0) is 19.4 Å². The van der Waals surface area contributed by atoms with Crippen LogP contribution in [0.2, 0.25) is 0 Å². The molecule has 2 aromatic carbocycles. The summed E-state index contributed by atoms with van der Waals surface area (Å²) < 4.78 is 0. The fourth-order valence-corrected chi connectivity index (χ4v) is 5.01. The Bertz CT molecular complexity index is 1090. The van der Waals surface area contributed by atoms with Crippen LogP contribution in [0.15, 0.2) is 48.5 Å². The molecule has 6 heteroatoms. The molecule has 1 aliphatic heterocycles. The van der Waals surface area contributed by atoms with Gasteiger partial charge in [0.05, 0.1) is 10.6 Å². The third kappa shape index (κ3) is 3.56. The van der Waals surface area contributed by atoms with Gasteiger partial charge in [-0.05, 0) is 54.7 Å². The monoisotopic (exact) mass is 403 g/mol. The highest BCUT2D eigenvalue weighted by Crippen LogP contribution is 2.30. The highest BCUT2D eigenvalue weighted by atomic mass is 32.1. The highest BCUT2D eigenvalue weighted by molar-refractivity contribution is 7.17. The van der Waals surface area contributed by atoms with Crippen LogP contribution >= 0.6 is 11.3 Å². The molecule has 0 saturated heterocycles. The maximum absolute atomic E-state index is 12.6. The van der Waals surface area contributed by atoms with Crippen molar-refractivity contribution in [3.8, 4) is 0 Å². The lowest BCUT2D eigenvalue weighted by atomic mass is 9.99. The standard InChI is InChI=1S/C23H21N3O2S/c27-20-7-3-6-19-21(20)29-23(24-19)25-22(28)16-8-10-18(11-9-16)26-13-12-15-4-1-2-5-17(15)14-26/h1-2,4-5,8-11H,3,6-7,12-14H2,(H,24,25,28). The van der Waals surface area contributed by atoms with E-state index >= 15 is 0 Å². The van der Waals surface area contributed by atoms with E-state index in [1.807, 2.05) is 24.3 Å². The molecule has 1 aliphatic carbocycles. The second-order valence-corrected chi connectivity index (χ2v) is 8.51. The fraction of sp³-hybridized carbons (Fsp3) is 0.261. The van der Waals surface area contributed by atoms with E-state index in [1.54, 1.807) is 0 Å². The van der Waals surface area contributed by atoms with Crippen molar-refractivity contribution >= 4 is 33.8 Å². The van der Waals surface area contributed by atoms with Crippen molar-refractivity contribution < 1.29 is 9.59 Å². The number of hydrogen-bond acceptors (Lipinski definition) is 5. The number of benzene rings is 2. The average Bonchev–Trinajstić information content (AvgIpc) is 3.17. The molecule has 0 spiro atoms. The molecule has 0 saturated carbocycles. The van der Waals surface area contributed by atoms with Crippen LogP contribution in [-0.4, -0.2) is 23.2 Å². The van der Waals surface area contributed by atoms with Crippen molar-refractivity contribution in [2.75, 3.05) is 16.8 Å². The first-order chi connectivity index (χ1) is 14.2. The number of nitrogens with zero attached hydrogens (tertiary/aromatic N) is 2. The second kappa shape index (κ2) is 7.44. The number of Topliss-reactive ketones (excluding diaryl/α,β-unsaturated/α-hetero) is 1. The fourth-order valence-electron chi connectivity index (χ4n) is 4.03. The molecule has 2 heterocycles. The Labute approximate surface area is 173 Å². The van der Waals surface area contributed by atoms with Gasteiger partial charge in [0.25, 0.3) is 5.91 Å². The van der Waals surface area contributed by atoms with E-state index in [0.29, 0.717) is 22.0 Å². The molecule has 1 amide bonds. The smallest absolute Gasteiger partial charge is 0.257 e. The number of carbonyl (C=O) groups excluding carboxylic acids is 2. The van der Waals surface area contributed by atoms with Crippen LogP contribution in [0.3, 0.4) is 0 Å². The Kier molecular flexibility index (Phi) is 4.64. The minimum atomic E-state index is -0.195. The van der Waals surface area contributed by atoms with Crippen molar-refractivity contribution in [3.05, 3.63) is 75.8 Å². The molecule has 1 N–H and O–H groups in total. The number of fused-ring (bicyclic) bond motifs is 2. The topological polar surface area (TPSA) is 62.3 Å². The van der Waals surface area contributed by atoms with Gasteiger partial charge in [-0.1, -0.05) is 35.6 Å². The van der Waals surface area contributed by atoms with Gasteiger partial charge in [-0.25, -0.2) is 4.98 Å². The van der Waals surface area contributed by atoms with Crippen molar-refractivity contribution in [1.82, 2.24) is 4.98 Å². The maximum atomic E-state index is 12.6. The zero-order valence-corrected chi connectivity index (χ0v) is 16.8. The van der Waals surface area contributed by atoms with E-state index in [-0.39, 0.29) is 11.7 Å². The van der Waals surface area contributed by atoms with Crippen LogP contribution in [0.4, 0.5) is 10.8 Å². The summed E-state index contributed by atoms with van der Waals surface area (Å²) in [7, 11) is 0. The molecule has 1 aromatic heterocycles. The molecule has 5 nitrogen and oxygen atoms in total. The molecular formula is C23H21N3O2S. The first-order valence-corrected chi connectivity index (χ1v) is 10.7. The molecule has 5 rings (SSSR count). The minimum absolute atomic E-state index is 0.136. The van der Waals surface area contributed by atoms with Crippen LogP contribution in [0.1, 0.15) is 49.7 Å². The predicted molar refractivity (Wildman–Crippen MR) is 115 cm³/mol. The van der Waals surface area contributed by atoms with Gasteiger partial charge in [-0.15, -0.1) is 0 Å². The summed E-state index contributed by atoms with van der Waals surface area (Å²) in [6.45, 7) is 1.86. The summed E-state index contributed by atoms with van der Waals surface area (Å²) in [6.07, 6.45) is 3.25. The quantitative estimate of drug-likeness (QED) is 0.701. The predicted octanol–water partition coefficient (Wildman–Crippen LogP) is 4.48. The van der Waals surface area contributed by atoms with Gasteiger partial charge in [0, 0.05) is 30.8 Å². The number of rotatable bonds is 3. The van der Waals surface area contributed by atoms with Crippen LogP contribution in [0.25, 0.3) is 0 Å². The number of carbonyl (C=O) groups is 2. The molecule has 2 aliphatic rings. The maximum Gasteiger partial charge on any atom is 0.257 e. The normalized spacial score (nSPS) is 15.6. The summed E-state index contributed by atoms with van der Waals surface area (Å²) in [4.78, 5) is 32.1. The van der Waals surface area contributed by atoms with Gasteiger partial charge in [0.15, 0.2) is 10.9 Å². The number of hydrogen-bond donors (Lipinski definition) is 1. The lowest BCUT2D eigenvalue weighted by molar-refractivity contribution is 0.0975. The Morgan fingerprint density at radius 3 is 2.59 bits per heavy atom. The lowest BCUT2D eigenvalue weighted by Gasteiger charge is -2.30. The largest absolute Gasteiger partial charge is 0.367 e. The van der Waals surface area contributed by atoms with Gasteiger partial charge < -0.3 is 4.90 Å². The van der Waals surface area contributed by atoms with E-state index in [9.17, 15) is 9.59 Å². The van der Waals surface area contributed by atoms with Gasteiger partial charge in [0.2, 0.25) is 0 Å². The van der Waals surface area contributed by atoms with E-state index in [4.69, 9.17) is 0 Å². The number of ketones is 1. The number of nitrogens with one attached hydrogen (secondary N) is 1. The molecule has 146 valence electrons. The van der Waals surface area contributed by atoms with E-state index in [2.05, 4.69) is 39.5 Å². The van der Waals surface area contributed by atoms with Gasteiger partial charge in [-0.2, -0.15) is 0 Å². The van der Waals surface area contributed by atoms with Gasteiger partial charge in [-0.3, -0.25) is 14.9 Å². The second-order valence-electron chi connectivity index (χ2n) is 7.51. The number of anilines is 2. The lowest BCUT2D eigenvalue weighted by Crippen LogP contribution is -2.30. The SMILES string of the molecule is O=C(Nc1nc2c(s1)C(=O)CCC2)c1ccc(N2CCc3ccccc3C2)cc1. The summed E-state index contributed by atoms with van der Waals surface area (Å²) >= 11 is 1.28. The third-order valence-electron chi connectivity index (χ3n) is 5.61. The molecule has 0 radical (unpaired) electrons. The molecule has 0 bridgehead atoms. The Morgan fingerprint density at radius 1 is 1.00 bits per heavy atom. The van der Waals surface area contributed by atoms with Crippen molar-refractivity contribution in [1.29, 1.82) is 0 Å². The van der Waals surface area contributed by atoms with Gasteiger partial charge >= 0.3 is 0 Å². The molecule has 3 aromatic rings. The Balaban J connectivity index is 1.28. The van der Waals surface area contributed by atoms with E-state index < -0.39 is 0 Å². The van der Waals surface area contributed by atoms with Gasteiger partial charge in [0.1, 0.15) is 0 Å². The molecule has 0 unspecified atom stereocenters. The molecule has 0 atom stereocenters. The summed E-state index contributed by atoms with van der Waals surface area (Å²) in [6, 6.07) is 16.3. The van der Waals surface area contributed by atoms with Crippen molar-refractivity contribution in [3.63, 3.8) is 0 Å². The van der Waals surface area contributed by atoms with Crippen LogP contribution in [0, 0.1) is 0 Å². The van der Waals surface area contributed by atoms with Crippen molar-refractivity contribution in [2.24, 2.45) is 0 Å². The zero-order valence-electron chi connectivity index (χ0n) is 16.0. The first-order valence-electron chi connectivity index (χ1n) is 9.93.